The van der Waals surface area contributed by atoms with E-state index in [1.807, 2.05) is 36.4 Å². The molecule has 0 N–H and O–H groups in total. The van der Waals surface area contributed by atoms with E-state index in [1.165, 1.54) is 0 Å². The van der Waals surface area contributed by atoms with E-state index in [2.05, 4.69) is 0 Å². The first-order valence-corrected chi connectivity index (χ1v) is 6.62. The third-order valence-electron chi connectivity index (χ3n) is 2.93. The van der Waals surface area contributed by atoms with Crippen LogP contribution in [0.15, 0.2) is 36.4 Å². The Morgan fingerprint density at radius 2 is 1.10 bits per heavy atom. The highest BCUT2D eigenvalue weighted by molar-refractivity contribution is 5.93. The van der Waals surface area contributed by atoms with Crippen molar-refractivity contribution in [3.63, 3.8) is 0 Å². The van der Waals surface area contributed by atoms with Gasteiger partial charge >= 0.3 is 0 Å². The number of fused-ring (bicyclic) bond motifs is 1. The van der Waals surface area contributed by atoms with Crippen LogP contribution in [0.3, 0.4) is 0 Å². The summed E-state index contributed by atoms with van der Waals surface area (Å²) in [7, 11) is 3.32. The highest BCUT2D eigenvalue weighted by atomic mass is 16.5. The number of hydrogen-bond donors (Lipinski definition) is 0. The molecule has 0 aliphatic carbocycles. The lowest BCUT2D eigenvalue weighted by atomic mass is 10.1. The van der Waals surface area contributed by atoms with Crippen molar-refractivity contribution in [2.75, 3.05) is 40.6 Å². The van der Waals surface area contributed by atoms with Gasteiger partial charge in [0.1, 0.15) is 24.7 Å². The predicted molar refractivity (Wildman–Crippen MR) is 78.7 cm³/mol. The maximum Gasteiger partial charge on any atom is 0.127 e. The van der Waals surface area contributed by atoms with Crippen molar-refractivity contribution in [3.05, 3.63) is 36.4 Å². The lowest BCUT2D eigenvalue weighted by Crippen LogP contribution is -2.06. The molecular formula is C16H20O4. The molecular weight excluding hydrogens is 256 g/mol. The minimum absolute atomic E-state index is 0.532. The number of hydrogen-bond acceptors (Lipinski definition) is 4. The van der Waals surface area contributed by atoms with Gasteiger partial charge in [0, 0.05) is 25.0 Å². The molecule has 0 spiro atoms. The van der Waals surface area contributed by atoms with Gasteiger partial charge in [-0.05, 0) is 12.1 Å². The molecule has 0 aliphatic heterocycles. The third kappa shape index (κ3) is 3.62. The molecule has 0 atom stereocenters. The minimum atomic E-state index is 0.532. The SMILES string of the molecule is COCCOc1ccc(OCCOC)c2ccccc12. The van der Waals surface area contributed by atoms with Crippen LogP contribution in [0.1, 0.15) is 0 Å². The van der Waals surface area contributed by atoms with E-state index in [0.29, 0.717) is 26.4 Å². The van der Waals surface area contributed by atoms with Crippen molar-refractivity contribution in [3.8, 4) is 11.5 Å². The standard InChI is InChI=1S/C16H20O4/c1-17-9-11-19-15-7-8-16(20-12-10-18-2)14-6-4-3-5-13(14)15/h3-8H,9-12H2,1-2H3. The van der Waals surface area contributed by atoms with Crippen LogP contribution in [0.2, 0.25) is 0 Å². The number of methoxy groups -OCH3 is 2. The first kappa shape index (κ1) is 14.6. The highest BCUT2D eigenvalue weighted by Gasteiger charge is 2.07. The second-order valence-electron chi connectivity index (χ2n) is 4.29. The van der Waals surface area contributed by atoms with E-state index in [0.717, 1.165) is 22.3 Å². The summed E-state index contributed by atoms with van der Waals surface area (Å²) in [5, 5.41) is 2.08. The summed E-state index contributed by atoms with van der Waals surface area (Å²) in [6, 6.07) is 11.9. The maximum absolute atomic E-state index is 5.74. The van der Waals surface area contributed by atoms with Gasteiger partial charge in [0.2, 0.25) is 0 Å². The molecule has 0 saturated heterocycles. The van der Waals surface area contributed by atoms with Gasteiger partial charge in [0.25, 0.3) is 0 Å². The fourth-order valence-corrected chi connectivity index (χ4v) is 1.97. The number of ether oxygens (including phenoxy) is 4. The molecule has 2 aromatic carbocycles. The van der Waals surface area contributed by atoms with Gasteiger partial charge in [-0.15, -0.1) is 0 Å². The number of benzene rings is 2. The lowest BCUT2D eigenvalue weighted by molar-refractivity contribution is 0.145. The van der Waals surface area contributed by atoms with E-state index < -0.39 is 0 Å². The van der Waals surface area contributed by atoms with Crippen LogP contribution >= 0.6 is 0 Å². The van der Waals surface area contributed by atoms with Crippen molar-refractivity contribution in [1.29, 1.82) is 0 Å². The smallest absolute Gasteiger partial charge is 0.127 e. The largest absolute Gasteiger partial charge is 0.491 e. The second-order valence-corrected chi connectivity index (χ2v) is 4.29. The van der Waals surface area contributed by atoms with E-state index in [-0.39, 0.29) is 0 Å². The summed E-state index contributed by atoms with van der Waals surface area (Å²) in [5.41, 5.74) is 0. The van der Waals surface area contributed by atoms with Gasteiger partial charge < -0.3 is 18.9 Å². The Balaban J connectivity index is 2.22. The Labute approximate surface area is 119 Å². The molecule has 0 bridgehead atoms. The molecule has 0 fully saturated rings. The molecule has 108 valence electrons. The van der Waals surface area contributed by atoms with Gasteiger partial charge in [-0.3, -0.25) is 0 Å². The zero-order valence-corrected chi connectivity index (χ0v) is 11.9. The van der Waals surface area contributed by atoms with Gasteiger partial charge in [0.15, 0.2) is 0 Å². The Morgan fingerprint density at radius 1 is 0.650 bits per heavy atom. The average molecular weight is 276 g/mol. The molecule has 0 amide bonds. The first-order chi connectivity index (χ1) is 9.86. The maximum atomic E-state index is 5.74. The predicted octanol–water partition coefficient (Wildman–Crippen LogP) is 2.89. The molecule has 2 rings (SSSR count). The summed E-state index contributed by atoms with van der Waals surface area (Å²) in [6.07, 6.45) is 0. The Morgan fingerprint density at radius 3 is 1.50 bits per heavy atom. The van der Waals surface area contributed by atoms with Gasteiger partial charge in [-0.1, -0.05) is 24.3 Å². The summed E-state index contributed by atoms with van der Waals surface area (Å²) in [5.74, 6) is 1.69. The van der Waals surface area contributed by atoms with Crippen molar-refractivity contribution in [2.45, 2.75) is 0 Å². The van der Waals surface area contributed by atoms with Crippen molar-refractivity contribution < 1.29 is 18.9 Å². The summed E-state index contributed by atoms with van der Waals surface area (Å²) >= 11 is 0. The van der Waals surface area contributed by atoms with Crippen molar-refractivity contribution in [2.24, 2.45) is 0 Å². The zero-order valence-electron chi connectivity index (χ0n) is 11.9. The quantitative estimate of drug-likeness (QED) is 0.695. The lowest BCUT2D eigenvalue weighted by Gasteiger charge is -2.13. The molecule has 4 nitrogen and oxygen atoms in total. The van der Waals surface area contributed by atoms with Crippen LogP contribution in [-0.4, -0.2) is 40.6 Å². The van der Waals surface area contributed by atoms with Gasteiger partial charge in [0.05, 0.1) is 13.2 Å². The molecule has 0 heterocycles. The van der Waals surface area contributed by atoms with Crippen LogP contribution in [0, 0.1) is 0 Å². The van der Waals surface area contributed by atoms with Gasteiger partial charge in [-0.25, -0.2) is 0 Å². The fourth-order valence-electron chi connectivity index (χ4n) is 1.97. The van der Waals surface area contributed by atoms with E-state index in [4.69, 9.17) is 18.9 Å². The third-order valence-corrected chi connectivity index (χ3v) is 2.93. The average Bonchev–Trinajstić information content (AvgIpc) is 2.49. The molecule has 20 heavy (non-hydrogen) atoms. The molecule has 0 aliphatic rings. The zero-order chi connectivity index (χ0) is 14.2. The van der Waals surface area contributed by atoms with Crippen LogP contribution in [-0.2, 0) is 9.47 Å². The monoisotopic (exact) mass is 276 g/mol. The molecule has 2 aromatic rings. The van der Waals surface area contributed by atoms with Crippen molar-refractivity contribution in [1.82, 2.24) is 0 Å². The molecule has 4 heteroatoms. The Hall–Kier alpha value is -1.78. The fraction of sp³-hybridized carbons (Fsp3) is 0.375. The topological polar surface area (TPSA) is 36.9 Å². The van der Waals surface area contributed by atoms with E-state index in [9.17, 15) is 0 Å². The highest BCUT2D eigenvalue weighted by Crippen LogP contribution is 2.33. The molecule has 0 saturated carbocycles. The van der Waals surface area contributed by atoms with E-state index in [1.54, 1.807) is 14.2 Å². The molecule has 0 aromatic heterocycles. The van der Waals surface area contributed by atoms with Gasteiger partial charge in [-0.2, -0.15) is 0 Å². The molecule has 0 radical (unpaired) electrons. The Kier molecular flexibility index (Phi) is 5.65. The summed E-state index contributed by atoms with van der Waals surface area (Å²) in [6.45, 7) is 2.20. The molecule has 0 unspecified atom stereocenters. The van der Waals surface area contributed by atoms with Crippen LogP contribution in [0.5, 0.6) is 11.5 Å². The van der Waals surface area contributed by atoms with Crippen LogP contribution < -0.4 is 9.47 Å². The van der Waals surface area contributed by atoms with Crippen molar-refractivity contribution >= 4 is 10.8 Å². The first-order valence-electron chi connectivity index (χ1n) is 6.62. The Bertz CT molecular complexity index is 490. The van der Waals surface area contributed by atoms with Crippen LogP contribution in [0.25, 0.3) is 10.8 Å². The normalized spacial score (nSPS) is 10.7. The summed E-state index contributed by atoms with van der Waals surface area (Å²) < 4.78 is 21.5. The minimum Gasteiger partial charge on any atom is -0.491 e. The summed E-state index contributed by atoms with van der Waals surface area (Å²) in [4.78, 5) is 0. The second kappa shape index (κ2) is 7.72. The van der Waals surface area contributed by atoms with Crippen LogP contribution in [0.4, 0.5) is 0 Å². The van der Waals surface area contributed by atoms with E-state index >= 15 is 0 Å². The number of rotatable bonds is 8.